The van der Waals surface area contributed by atoms with Crippen molar-refractivity contribution in [1.29, 1.82) is 0 Å². The number of nitrogens with zero attached hydrogens (tertiary/aromatic N) is 1. The number of carbonyl (C=O) groups is 2. The van der Waals surface area contributed by atoms with E-state index < -0.39 is 5.60 Å². The van der Waals surface area contributed by atoms with Crippen molar-refractivity contribution in [2.45, 2.75) is 44.8 Å². The van der Waals surface area contributed by atoms with E-state index >= 15 is 0 Å². The second kappa shape index (κ2) is 3.98. The summed E-state index contributed by atoms with van der Waals surface area (Å²) >= 11 is 0. The van der Waals surface area contributed by atoms with Crippen LogP contribution in [0.3, 0.4) is 0 Å². The minimum absolute atomic E-state index is 0.242. The van der Waals surface area contributed by atoms with E-state index in [9.17, 15) is 9.59 Å². The summed E-state index contributed by atoms with van der Waals surface area (Å²) in [5, 5.41) is 3.14. The van der Waals surface area contributed by atoms with E-state index in [0.717, 1.165) is 0 Å². The van der Waals surface area contributed by atoms with Crippen LogP contribution in [0.15, 0.2) is 0 Å². The van der Waals surface area contributed by atoms with Crippen LogP contribution in [-0.4, -0.2) is 47.6 Å². The van der Waals surface area contributed by atoms with Crippen molar-refractivity contribution >= 4 is 11.9 Å². The third-order valence-corrected chi connectivity index (χ3v) is 3.24. The summed E-state index contributed by atoms with van der Waals surface area (Å²) in [6, 6.07) is 0. The minimum atomic E-state index is -0.489. The number of hydrogen-bond donors (Lipinski definition) is 1. The maximum absolute atomic E-state index is 12.1. The fourth-order valence-electron chi connectivity index (χ4n) is 2.36. The lowest BCUT2D eigenvalue weighted by atomic mass is 9.81. The highest BCUT2D eigenvalue weighted by Gasteiger charge is 2.49. The number of piperidine rings is 1. The molecular weight excluding hydrogens is 220 g/mol. The average Bonchev–Trinajstić information content (AvgIpc) is 2.12. The zero-order valence-electron chi connectivity index (χ0n) is 10.7. The van der Waals surface area contributed by atoms with Crippen LogP contribution in [0, 0.1) is 0 Å². The van der Waals surface area contributed by atoms with Crippen LogP contribution in [-0.2, 0) is 9.53 Å². The molecule has 0 aliphatic carbocycles. The molecular formula is C12H20N2O3. The SMILES string of the molecule is CC(C)(C)OC(=O)N1CCC(=O)CC12CNC2. The summed E-state index contributed by atoms with van der Waals surface area (Å²) in [7, 11) is 0. The van der Waals surface area contributed by atoms with E-state index in [2.05, 4.69) is 5.32 Å². The Kier molecular flexibility index (Phi) is 2.89. The predicted molar refractivity (Wildman–Crippen MR) is 62.8 cm³/mol. The van der Waals surface area contributed by atoms with Gasteiger partial charge in [0.05, 0.1) is 5.54 Å². The molecule has 2 saturated heterocycles. The molecule has 0 unspecified atom stereocenters. The van der Waals surface area contributed by atoms with Crippen LogP contribution in [0.25, 0.3) is 0 Å². The zero-order valence-corrected chi connectivity index (χ0v) is 10.7. The lowest BCUT2D eigenvalue weighted by Gasteiger charge is -2.52. The van der Waals surface area contributed by atoms with E-state index in [1.807, 2.05) is 20.8 Å². The van der Waals surface area contributed by atoms with E-state index in [1.165, 1.54) is 0 Å². The van der Waals surface area contributed by atoms with Gasteiger partial charge in [0, 0.05) is 32.5 Å². The van der Waals surface area contributed by atoms with Gasteiger partial charge in [-0.05, 0) is 20.8 Å². The Hall–Kier alpha value is -1.10. The molecule has 5 nitrogen and oxygen atoms in total. The molecule has 5 heteroatoms. The molecule has 0 aromatic carbocycles. The maximum atomic E-state index is 12.1. The third-order valence-electron chi connectivity index (χ3n) is 3.24. The first-order chi connectivity index (χ1) is 7.82. The Bertz CT molecular complexity index is 342. The quantitative estimate of drug-likeness (QED) is 0.684. The summed E-state index contributed by atoms with van der Waals surface area (Å²) in [5.41, 5.74) is -0.811. The van der Waals surface area contributed by atoms with Gasteiger partial charge < -0.3 is 10.1 Å². The molecule has 1 spiro atoms. The van der Waals surface area contributed by atoms with E-state index in [4.69, 9.17) is 4.74 Å². The Balaban J connectivity index is 2.08. The molecule has 0 radical (unpaired) electrons. The highest BCUT2D eigenvalue weighted by molar-refractivity contribution is 5.84. The number of likely N-dealkylation sites (tertiary alicyclic amines) is 1. The molecule has 2 rings (SSSR count). The van der Waals surface area contributed by atoms with Gasteiger partial charge in [-0.25, -0.2) is 4.79 Å². The molecule has 1 N–H and O–H groups in total. The molecule has 2 fully saturated rings. The van der Waals surface area contributed by atoms with Crippen molar-refractivity contribution in [2.24, 2.45) is 0 Å². The number of Topliss-reactive ketones (excluding diaryl/α,β-unsaturated/α-hetero) is 1. The Labute approximate surface area is 101 Å². The van der Waals surface area contributed by atoms with Crippen molar-refractivity contribution in [3.05, 3.63) is 0 Å². The molecule has 0 aromatic rings. The smallest absolute Gasteiger partial charge is 0.410 e. The summed E-state index contributed by atoms with van der Waals surface area (Å²) in [6.45, 7) is 7.43. The van der Waals surface area contributed by atoms with Crippen molar-refractivity contribution in [1.82, 2.24) is 10.2 Å². The topological polar surface area (TPSA) is 58.6 Å². The number of amides is 1. The maximum Gasteiger partial charge on any atom is 0.410 e. The van der Waals surface area contributed by atoms with Gasteiger partial charge in [-0.3, -0.25) is 9.69 Å². The van der Waals surface area contributed by atoms with Gasteiger partial charge >= 0.3 is 6.09 Å². The van der Waals surface area contributed by atoms with Crippen LogP contribution in [0.4, 0.5) is 4.79 Å². The van der Waals surface area contributed by atoms with Gasteiger partial charge in [0.15, 0.2) is 0 Å². The van der Waals surface area contributed by atoms with Crippen LogP contribution in [0.5, 0.6) is 0 Å². The fraction of sp³-hybridized carbons (Fsp3) is 0.833. The fourth-order valence-corrected chi connectivity index (χ4v) is 2.36. The number of rotatable bonds is 0. The van der Waals surface area contributed by atoms with E-state index in [0.29, 0.717) is 32.5 Å². The molecule has 0 bridgehead atoms. The molecule has 2 aliphatic rings. The summed E-state index contributed by atoms with van der Waals surface area (Å²) in [6.07, 6.45) is 0.603. The Morgan fingerprint density at radius 2 is 2.06 bits per heavy atom. The second-order valence-corrected chi connectivity index (χ2v) is 5.93. The lowest BCUT2D eigenvalue weighted by Crippen LogP contribution is -2.72. The highest BCUT2D eigenvalue weighted by Crippen LogP contribution is 2.31. The zero-order chi connectivity index (χ0) is 12.7. The Morgan fingerprint density at radius 3 is 2.53 bits per heavy atom. The van der Waals surface area contributed by atoms with Crippen molar-refractivity contribution in [3.8, 4) is 0 Å². The summed E-state index contributed by atoms with van der Waals surface area (Å²) in [5.74, 6) is 0.242. The second-order valence-electron chi connectivity index (χ2n) is 5.93. The van der Waals surface area contributed by atoms with Crippen LogP contribution >= 0.6 is 0 Å². The van der Waals surface area contributed by atoms with Crippen molar-refractivity contribution in [2.75, 3.05) is 19.6 Å². The summed E-state index contributed by atoms with van der Waals surface area (Å²) < 4.78 is 5.39. The molecule has 2 heterocycles. The number of ketones is 1. The van der Waals surface area contributed by atoms with Gasteiger partial charge in [-0.2, -0.15) is 0 Å². The minimum Gasteiger partial charge on any atom is -0.444 e. The van der Waals surface area contributed by atoms with Crippen LogP contribution < -0.4 is 5.32 Å². The number of ether oxygens (including phenoxy) is 1. The molecule has 2 aliphatic heterocycles. The molecule has 17 heavy (non-hydrogen) atoms. The van der Waals surface area contributed by atoms with E-state index in [1.54, 1.807) is 4.90 Å². The molecule has 1 amide bonds. The first-order valence-corrected chi connectivity index (χ1v) is 6.05. The molecule has 0 atom stereocenters. The van der Waals surface area contributed by atoms with Gasteiger partial charge in [0.25, 0.3) is 0 Å². The predicted octanol–water partition coefficient (Wildman–Crippen LogP) is 0.928. The van der Waals surface area contributed by atoms with Gasteiger partial charge in [-0.1, -0.05) is 0 Å². The Morgan fingerprint density at radius 1 is 1.41 bits per heavy atom. The van der Waals surface area contributed by atoms with Crippen LogP contribution in [0.1, 0.15) is 33.6 Å². The van der Waals surface area contributed by atoms with E-state index in [-0.39, 0.29) is 17.4 Å². The molecule has 96 valence electrons. The van der Waals surface area contributed by atoms with Crippen molar-refractivity contribution in [3.63, 3.8) is 0 Å². The first kappa shape index (κ1) is 12.4. The molecule has 0 aromatic heterocycles. The standard InChI is InChI=1S/C12H20N2O3/c1-11(2,3)17-10(16)14-5-4-9(15)6-12(14)7-13-8-12/h13H,4-8H2,1-3H3. The van der Waals surface area contributed by atoms with Gasteiger partial charge in [0.2, 0.25) is 0 Å². The van der Waals surface area contributed by atoms with Crippen molar-refractivity contribution < 1.29 is 14.3 Å². The normalized spacial score (nSPS) is 23.5. The molecule has 0 saturated carbocycles. The number of hydrogen-bond acceptors (Lipinski definition) is 4. The summed E-state index contributed by atoms with van der Waals surface area (Å²) in [4.78, 5) is 25.3. The van der Waals surface area contributed by atoms with Crippen LogP contribution in [0.2, 0.25) is 0 Å². The lowest BCUT2D eigenvalue weighted by molar-refractivity contribution is -0.128. The first-order valence-electron chi connectivity index (χ1n) is 6.05. The van der Waals surface area contributed by atoms with Gasteiger partial charge in [0.1, 0.15) is 11.4 Å². The number of nitrogens with one attached hydrogen (secondary N) is 1. The monoisotopic (exact) mass is 240 g/mol. The third kappa shape index (κ3) is 2.44. The average molecular weight is 240 g/mol. The highest BCUT2D eigenvalue weighted by atomic mass is 16.6. The van der Waals surface area contributed by atoms with Gasteiger partial charge in [-0.15, -0.1) is 0 Å². The largest absolute Gasteiger partial charge is 0.444 e. The number of carbonyl (C=O) groups excluding carboxylic acids is 2.